The van der Waals surface area contributed by atoms with Gasteiger partial charge >= 0.3 is 0 Å². The summed E-state index contributed by atoms with van der Waals surface area (Å²) in [5.74, 6) is 0. The van der Waals surface area contributed by atoms with E-state index in [1.807, 2.05) is 24.3 Å². The molecule has 0 aliphatic rings. The lowest BCUT2D eigenvalue weighted by Gasteiger charge is -2.20. The molecule has 1 nitrogen and oxygen atoms in total. The van der Waals surface area contributed by atoms with Crippen molar-refractivity contribution >= 4 is 65.0 Å². The molecular weight excluding hydrogens is 569 g/mol. The molecule has 47 heavy (non-hydrogen) atoms. The fourth-order valence-corrected chi connectivity index (χ4v) is 7.55. The molecule has 1 heterocycles. The zero-order valence-corrected chi connectivity index (χ0v) is 25.2. The first-order valence-corrected chi connectivity index (χ1v) is 15.8. The van der Waals surface area contributed by atoms with Crippen LogP contribution in [0.4, 0.5) is 0 Å². The molecule has 0 fully saturated rings. The van der Waals surface area contributed by atoms with Crippen LogP contribution in [0.15, 0.2) is 174 Å². The Morgan fingerprint density at radius 1 is 0.383 bits per heavy atom. The van der Waals surface area contributed by atoms with Crippen molar-refractivity contribution in [2.45, 2.75) is 0 Å². The van der Waals surface area contributed by atoms with Crippen molar-refractivity contribution in [3.8, 4) is 33.4 Å². The van der Waals surface area contributed by atoms with Gasteiger partial charge in [0.25, 0.3) is 0 Å². The first-order chi connectivity index (χ1) is 25.4. The topological polar surface area (TPSA) is 13.1 Å². The summed E-state index contributed by atoms with van der Waals surface area (Å²) in [6.45, 7) is 0. The highest BCUT2D eigenvalue weighted by atomic mass is 16.3. The Morgan fingerprint density at radius 2 is 0.979 bits per heavy atom. The predicted octanol–water partition coefficient (Wildman–Crippen LogP) is 13.2. The molecule has 0 amide bonds. The molecule has 9 aromatic carbocycles. The lowest BCUT2D eigenvalue weighted by atomic mass is 9.83. The zero-order chi connectivity index (χ0) is 35.2. The average Bonchev–Trinajstić information content (AvgIpc) is 3.57. The first kappa shape index (κ1) is 21.5. The number of hydrogen-bond acceptors (Lipinski definition) is 1. The summed E-state index contributed by atoms with van der Waals surface area (Å²) in [6.07, 6.45) is 0. The molecule has 0 aliphatic carbocycles. The van der Waals surface area contributed by atoms with Crippen LogP contribution in [-0.4, -0.2) is 0 Å². The zero-order valence-electron chi connectivity index (χ0n) is 30.2. The van der Waals surface area contributed by atoms with Crippen molar-refractivity contribution in [1.29, 1.82) is 0 Å². The van der Waals surface area contributed by atoms with Gasteiger partial charge in [0.15, 0.2) is 0 Å². The molecule has 218 valence electrons. The van der Waals surface area contributed by atoms with E-state index in [-0.39, 0.29) is 29.7 Å². The monoisotopic (exact) mass is 601 g/mol. The Morgan fingerprint density at radius 3 is 1.68 bits per heavy atom. The fraction of sp³-hybridized carbons (Fsp3) is 0. The minimum atomic E-state index is -0.410. The van der Waals surface area contributed by atoms with Crippen LogP contribution in [0.3, 0.4) is 0 Å². The van der Waals surface area contributed by atoms with Crippen LogP contribution < -0.4 is 0 Å². The number of rotatable bonds is 3. The summed E-state index contributed by atoms with van der Waals surface area (Å²) in [4.78, 5) is 0. The molecule has 0 saturated carbocycles. The van der Waals surface area contributed by atoms with Gasteiger partial charge in [0, 0.05) is 10.8 Å². The van der Waals surface area contributed by atoms with Crippen molar-refractivity contribution in [3.63, 3.8) is 0 Å². The van der Waals surface area contributed by atoms with Crippen molar-refractivity contribution in [3.05, 3.63) is 170 Å². The second kappa shape index (κ2) is 10.2. The van der Waals surface area contributed by atoms with Crippen LogP contribution >= 0.6 is 0 Å². The molecule has 0 aliphatic heterocycles. The second-order valence-corrected chi connectivity index (χ2v) is 12.0. The van der Waals surface area contributed by atoms with Gasteiger partial charge in [-0.25, -0.2) is 0 Å². The Hall–Kier alpha value is -6.18. The van der Waals surface area contributed by atoms with Gasteiger partial charge in [-0.05, 0) is 101 Å². The Balaban J connectivity index is 1.28. The van der Waals surface area contributed by atoms with E-state index in [9.17, 15) is 0 Å². The van der Waals surface area contributed by atoms with Crippen LogP contribution in [0.25, 0.3) is 98.4 Å². The van der Waals surface area contributed by atoms with Gasteiger partial charge in [-0.3, -0.25) is 0 Å². The maximum Gasteiger partial charge on any atom is 0.136 e. The quantitative estimate of drug-likeness (QED) is 0.145. The van der Waals surface area contributed by atoms with Crippen molar-refractivity contribution < 1.29 is 11.3 Å². The molecule has 10 aromatic rings. The summed E-state index contributed by atoms with van der Waals surface area (Å²) in [5.41, 5.74) is 6.50. The molecule has 0 saturated heterocycles. The average molecular weight is 602 g/mol. The molecule has 0 unspecified atom stereocenters. The Kier molecular flexibility index (Phi) is 4.66. The second-order valence-electron chi connectivity index (χ2n) is 12.0. The summed E-state index contributed by atoms with van der Waals surface area (Å²) in [5, 5.41) is 11.3. The molecule has 10 rings (SSSR count). The van der Waals surface area contributed by atoms with Crippen LogP contribution in [0.1, 0.15) is 6.85 Å². The summed E-state index contributed by atoms with van der Waals surface area (Å²) in [7, 11) is 0. The predicted molar refractivity (Wildman–Crippen MR) is 200 cm³/mol. The minimum Gasteiger partial charge on any atom is -0.456 e. The lowest BCUT2D eigenvalue weighted by Crippen LogP contribution is -1.92. The van der Waals surface area contributed by atoms with Crippen LogP contribution in [0.2, 0.25) is 0 Å². The molecule has 0 spiro atoms. The van der Waals surface area contributed by atoms with E-state index in [2.05, 4.69) is 109 Å². The third-order valence-corrected chi connectivity index (χ3v) is 9.52. The van der Waals surface area contributed by atoms with Crippen LogP contribution in [0.5, 0.6) is 0 Å². The maximum atomic E-state index is 8.55. The highest BCUT2D eigenvalue weighted by Gasteiger charge is 2.21. The minimum absolute atomic E-state index is 0.155. The van der Waals surface area contributed by atoms with Crippen LogP contribution in [-0.2, 0) is 0 Å². The summed E-state index contributed by atoms with van der Waals surface area (Å²) < 4.78 is 48.0. The largest absolute Gasteiger partial charge is 0.456 e. The van der Waals surface area contributed by atoms with Crippen LogP contribution in [0, 0.1) is 0 Å². The van der Waals surface area contributed by atoms with Gasteiger partial charge in [-0.15, -0.1) is 0 Å². The van der Waals surface area contributed by atoms with Gasteiger partial charge in [0.1, 0.15) is 11.2 Å². The summed E-state index contributed by atoms with van der Waals surface area (Å²) in [6, 6.07) is 47.0. The van der Waals surface area contributed by atoms with Crippen molar-refractivity contribution in [2.75, 3.05) is 0 Å². The van der Waals surface area contributed by atoms with Gasteiger partial charge in [-0.2, -0.15) is 0 Å². The fourth-order valence-electron chi connectivity index (χ4n) is 7.55. The molecule has 1 heteroatoms. The van der Waals surface area contributed by atoms with Gasteiger partial charge < -0.3 is 4.42 Å². The molecule has 0 N–H and O–H groups in total. The van der Waals surface area contributed by atoms with E-state index in [1.165, 1.54) is 32.7 Å². The molecule has 0 bridgehead atoms. The third kappa shape index (κ3) is 3.90. The lowest BCUT2D eigenvalue weighted by molar-refractivity contribution is 0.669. The smallest absolute Gasteiger partial charge is 0.136 e. The maximum absolute atomic E-state index is 8.55. The van der Waals surface area contributed by atoms with E-state index in [0.717, 1.165) is 43.4 Å². The van der Waals surface area contributed by atoms with E-state index in [4.69, 9.17) is 11.3 Å². The third-order valence-electron chi connectivity index (χ3n) is 9.52. The number of furan rings is 1. The molecular formula is C46H28O. The number of fused-ring (bicyclic) bond motifs is 8. The normalized spacial score (nSPS) is 13.3. The van der Waals surface area contributed by atoms with Crippen molar-refractivity contribution in [1.82, 2.24) is 0 Å². The Bertz CT molecular complexity index is 3050. The van der Waals surface area contributed by atoms with E-state index in [1.54, 1.807) is 6.07 Å². The SMILES string of the molecule is [2H]c1c([2H])c([2H])c(-c2ccc3c(c2)oc2cccc(-c4c5ccccc5c(-c5cc6ccccc6c6ccccc56)c5ccccc45)c23)c([2H])c1[2H]. The van der Waals surface area contributed by atoms with E-state index < -0.39 is 6.04 Å². The molecule has 1 aromatic heterocycles. The summed E-state index contributed by atoms with van der Waals surface area (Å²) >= 11 is 0. The molecule has 0 radical (unpaired) electrons. The molecule has 0 atom stereocenters. The van der Waals surface area contributed by atoms with E-state index in [0.29, 0.717) is 16.7 Å². The van der Waals surface area contributed by atoms with Gasteiger partial charge in [-0.1, -0.05) is 145 Å². The van der Waals surface area contributed by atoms with Crippen molar-refractivity contribution in [2.24, 2.45) is 0 Å². The Labute approximate surface area is 279 Å². The van der Waals surface area contributed by atoms with E-state index >= 15 is 0 Å². The highest BCUT2D eigenvalue weighted by Crippen LogP contribution is 2.48. The first-order valence-electron chi connectivity index (χ1n) is 18.3. The number of benzene rings is 9. The van der Waals surface area contributed by atoms with Gasteiger partial charge in [0.05, 0.1) is 6.85 Å². The highest BCUT2D eigenvalue weighted by molar-refractivity contribution is 6.28. The van der Waals surface area contributed by atoms with Gasteiger partial charge in [0.2, 0.25) is 0 Å². The number of hydrogen-bond donors (Lipinski definition) is 0. The standard InChI is InChI=1S/C46H28O/c1-2-13-29(14-3-1)30-25-26-39-43(28-30)47-42-24-12-23-40(46(39)42)44-35-19-8-10-21-37(35)45(38-22-11-9-20-36(38)44)41-27-31-15-4-5-16-32(31)33-17-6-7-18-34(33)41/h1-28H/i1D,2D,3D,13D,14D.